The Balaban J connectivity index is 1.70. The zero-order chi connectivity index (χ0) is 20.5. The van der Waals surface area contributed by atoms with E-state index in [2.05, 4.69) is 74.7 Å². The van der Waals surface area contributed by atoms with Crippen LogP contribution in [0, 0.1) is 0 Å². The van der Waals surface area contributed by atoms with Gasteiger partial charge in [-0.1, -0.05) is 85.8 Å². The van der Waals surface area contributed by atoms with Crippen LogP contribution in [0.4, 0.5) is 0 Å². The highest BCUT2D eigenvalue weighted by molar-refractivity contribution is 14.1. The number of fused-ring (bicyclic) bond motifs is 1. The van der Waals surface area contributed by atoms with Crippen LogP contribution < -0.4 is 0 Å². The summed E-state index contributed by atoms with van der Waals surface area (Å²) in [4.78, 5) is 12.5. The van der Waals surface area contributed by atoms with Gasteiger partial charge in [0.25, 0.3) is 0 Å². The summed E-state index contributed by atoms with van der Waals surface area (Å²) in [7, 11) is -1.75. The Kier molecular flexibility index (Phi) is 6.37. The van der Waals surface area contributed by atoms with E-state index in [1.54, 1.807) is 0 Å². The molecule has 2 atom stereocenters. The molecule has 0 saturated heterocycles. The van der Waals surface area contributed by atoms with Gasteiger partial charge in [0.05, 0.1) is 9.49 Å². The van der Waals surface area contributed by atoms with E-state index in [9.17, 15) is 4.79 Å². The van der Waals surface area contributed by atoms with Gasteiger partial charge in [0.2, 0.25) is 0 Å². The molecule has 1 aliphatic rings. The number of rotatable bonds is 6. The summed E-state index contributed by atoms with van der Waals surface area (Å²) >= 11 is 2.40. The van der Waals surface area contributed by atoms with Crippen molar-refractivity contribution < 1.29 is 14.0 Å². The minimum Gasteiger partial charge on any atom is -0.453 e. The van der Waals surface area contributed by atoms with Crippen molar-refractivity contribution in [2.75, 3.05) is 6.61 Å². The number of esters is 1. The van der Waals surface area contributed by atoms with Gasteiger partial charge in [-0.15, -0.1) is 0 Å². The highest BCUT2D eigenvalue weighted by atomic mass is 127. The fourth-order valence-corrected chi connectivity index (χ4v) is 4.95. The molecule has 0 radical (unpaired) electrons. The smallest absolute Gasteiger partial charge is 0.339 e. The van der Waals surface area contributed by atoms with Crippen LogP contribution in [0.15, 0.2) is 48.5 Å². The maximum absolute atomic E-state index is 12.5. The van der Waals surface area contributed by atoms with Gasteiger partial charge in [-0.2, -0.15) is 0 Å². The fourth-order valence-electron chi connectivity index (χ4n) is 3.10. The minimum atomic E-state index is -1.75. The summed E-state index contributed by atoms with van der Waals surface area (Å²) in [5.41, 5.74) is 3.84. The van der Waals surface area contributed by atoms with Crippen LogP contribution >= 0.6 is 22.6 Å². The molecule has 2 aromatic rings. The number of carbonyl (C=O) groups excluding carboxylic acids is 1. The molecule has 0 spiro atoms. The molecule has 0 fully saturated rings. The molecule has 2 aromatic carbocycles. The highest BCUT2D eigenvalue weighted by Crippen LogP contribution is 2.40. The third-order valence-electron chi connectivity index (χ3n) is 5.91. The summed E-state index contributed by atoms with van der Waals surface area (Å²) < 4.78 is 12.2. The van der Waals surface area contributed by atoms with Gasteiger partial charge in [0.15, 0.2) is 8.32 Å². The molecular weight excluding hydrogens is 479 g/mol. The number of halogens is 1. The number of carbonyl (C=O) groups is 1. The Morgan fingerprint density at radius 3 is 2.43 bits per heavy atom. The zero-order valence-electron chi connectivity index (χ0n) is 17.3. The summed E-state index contributed by atoms with van der Waals surface area (Å²) in [6.45, 7) is 12.0. The molecule has 1 heterocycles. The average Bonchev–Trinajstić information content (AvgIpc) is 2.97. The van der Waals surface area contributed by atoms with E-state index in [-0.39, 0.29) is 21.0 Å². The van der Waals surface area contributed by atoms with E-state index in [0.29, 0.717) is 12.2 Å². The molecule has 0 amide bonds. The topological polar surface area (TPSA) is 35.5 Å². The lowest BCUT2D eigenvalue weighted by atomic mass is 9.96. The quantitative estimate of drug-likeness (QED) is 0.187. The van der Waals surface area contributed by atoms with E-state index >= 15 is 0 Å². The van der Waals surface area contributed by atoms with Crippen LogP contribution in [-0.4, -0.2) is 24.8 Å². The number of alkyl halides is 1. The lowest BCUT2D eigenvalue weighted by Gasteiger charge is -2.36. The third-order valence-corrected chi connectivity index (χ3v) is 11.7. The molecule has 0 aromatic heterocycles. The Morgan fingerprint density at radius 1 is 1.11 bits per heavy atom. The molecule has 3 rings (SSSR count). The standard InChI is InChI=1S/C23H29IO3Si/c1-23(2,3)28(4,5)26-14-13-20(24)21-18-12-11-17(15-19(18)22(25)27-21)16-9-7-6-8-10-16/h6-12,15,20-21H,13-14H2,1-5H3. The molecule has 150 valence electrons. The SMILES string of the molecule is CC(C)(C)[Si](C)(C)OCCC(I)C1OC(=O)c2cc(-c3ccccc3)ccc21. The number of cyclic esters (lactones) is 1. The van der Waals surface area contributed by atoms with Crippen LogP contribution in [0.1, 0.15) is 49.2 Å². The summed E-state index contributed by atoms with van der Waals surface area (Å²) in [6.07, 6.45) is 0.668. The van der Waals surface area contributed by atoms with E-state index in [0.717, 1.165) is 23.1 Å². The Morgan fingerprint density at radius 2 is 1.79 bits per heavy atom. The molecule has 5 heteroatoms. The van der Waals surface area contributed by atoms with Crippen molar-refractivity contribution >= 4 is 36.9 Å². The van der Waals surface area contributed by atoms with Crippen LogP contribution in [0.5, 0.6) is 0 Å². The van der Waals surface area contributed by atoms with Crippen LogP contribution in [-0.2, 0) is 9.16 Å². The molecule has 1 aliphatic heterocycles. The number of hydrogen-bond acceptors (Lipinski definition) is 3. The molecule has 3 nitrogen and oxygen atoms in total. The third kappa shape index (κ3) is 4.52. The van der Waals surface area contributed by atoms with Gasteiger partial charge in [-0.3, -0.25) is 0 Å². The largest absolute Gasteiger partial charge is 0.453 e. The first-order chi connectivity index (χ1) is 13.1. The van der Waals surface area contributed by atoms with Crippen LogP contribution in [0.3, 0.4) is 0 Å². The van der Waals surface area contributed by atoms with Gasteiger partial charge < -0.3 is 9.16 Å². The maximum Gasteiger partial charge on any atom is 0.339 e. The molecule has 0 N–H and O–H groups in total. The molecule has 0 saturated carbocycles. The van der Waals surface area contributed by atoms with Gasteiger partial charge >= 0.3 is 5.97 Å². The zero-order valence-corrected chi connectivity index (χ0v) is 20.4. The Bertz CT molecular complexity index is 843. The lowest BCUT2D eigenvalue weighted by molar-refractivity contribution is 0.0378. The first kappa shape index (κ1) is 21.5. The van der Waals surface area contributed by atoms with Gasteiger partial charge in [-0.25, -0.2) is 4.79 Å². The van der Waals surface area contributed by atoms with Crippen molar-refractivity contribution in [3.8, 4) is 11.1 Å². The van der Waals surface area contributed by atoms with Crippen molar-refractivity contribution in [2.24, 2.45) is 0 Å². The van der Waals surface area contributed by atoms with Gasteiger partial charge in [0, 0.05) is 12.2 Å². The number of benzene rings is 2. The number of ether oxygens (including phenoxy) is 1. The second kappa shape index (κ2) is 8.28. The number of hydrogen-bond donors (Lipinski definition) is 0. The summed E-state index contributed by atoms with van der Waals surface area (Å²) in [5.74, 6) is -0.218. The van der Waals surface area contributed by atoms with Crippen molar-refractivity contribution in [3.63, 3.8) is 0 Å². The van der Waals surface area contributed by atoms with Crippen LogP contribution in [0.25, 0.3) is 11.1 Å². The van der Waals surface area contributed by atoms with Crippen molar-refractivity contribution in [3.05, 3.63) is 59.7 Å². The second-order valence-electron chi connectivity index (χ2n) is 8.91. The first-order valence-electron chi connectivity index (χ1n) is 9.78. The molecular formula is C23H29IO3Si. The summed E-state index contributed by atoms with van der Waals surface area (Å²) in [5, 5.41) is 0.202. The van der Waals surface area contributed by atoms with Crippen molar-refractivity contribution in [2.45, 2.75) is 55.4 Å². The van der Waals surface area contributed by atoms with E-state index in [1.165, 1.54) is 0 Å². The van der Waals surface area contributed by atoms with Gasteiger partial charge in [0.1, 0.15) is 6.10 Å². The first-order valence-corrected chi connectivity index (χ1v) is 13.9. The normalized spacial score (nSPS) is 17.9. The van der Waals surface area contributed by atoms with E-state index in [1.807, 2.05) is 30.3 Å². The second-order valence-corrected chi connectivity index (χ2v) is 15.3. The molecule has 2 unspecified atom stereocenters. The van der Waals surface area contributed by atoms with E-state index in [4.69, 9.17) is 9.16 Å². The lowest BCUT2D eigenvalue weighted by Crippen LogP contribution is -2.41. The van der Waals surface area contributed by atoms with Crippen molar-refractivity contribution in [1.82, 2.24) is 0 Å². The average molecular weight is 508 g/mol. The molecule has 0 aliphatic carbocycles. The van der Waals surface area contributed by atoms with Crippen LogP contribution in [0.2, 0.25) is 18.1 Å². The Hall–Kier alpha value is -1.18. The van der Waals surface area contributed by atoms with Gasteiger partial charge in [-0.05, 0) is 41.7 Å². The summed E-state index contributed by atoms with van der Waals surface area (Å²) in [6, 6.07) is 16.2. The predicted molar refractivity (Wildman–Crippen MR) is 126 cm³/mol. The molecule has 0 bridgehead atoms. The Labute approximate surface area is 183 Å². The molecule has 28 heavy (non-hydrogen) atoms. The maximum atomic E-state index is 12.5. The monoisotopic (exact) mass is 508 g/mol. The highest BCUT2D eigenvalue weighted by Gasteiger charge is 2.39. The van der Waals surface area contributed by atoms with E-state index < -0.39 is 8.32 Å². The van der Waals surface area contributed by atoms with Crippen molar-refractivity contribution in [1.29, 1.82) is 0 Å². The predicted octanol–water partition coefficient (Wildman–Crippen LogP) is 6.78. The minimum absolute atomic E-state index is 0.190. The fraction of sp³-hybridized carbons (Fsp3) is 0.435.